The Bertz CT molecular complexity index is 822. The fourth-order valence-corrected chi connectivity index (χ4v) is 3.41. The van der Waals surface area contributed by atoms with E-state index in [4.69, 9.17) is 27.9 Å². The predicted molar refractivity (Wildman–Crippen MR) is 110 cm³/mol. The van der Waals surface area contributed by atoms with E-state index >= 15 is 0 Å². The summed E-state index contributed by atoms with van der Waals surface area (Å²) in [5, 5.41) is 3.80. The van der Waals surface area contributed by atoms with Crippen LogP contribution < -0.4 is 10.1 Å². The van der Waals surface area contributed by atoms with Crippen LogP contribution in [0.5, 0.6) is 5.75 Å². The van der Waals surface area contributed by atoms with Gasteiger partial charge in [0.15, 0.2) is 6.61 Å². The van der Waals surface area contributed by atoms with Crippen LogP contribution in [0.25, 0.3) is 0 Å². The molecule has 2 aromatic carbocycles. The highest BCUT2D eigenvalue weighted by Crippen LogP contribution is 2.26. The first kappa shape index (κ1) is 20.5. The van der Waals surface area contributed by atoms with Crippen LogP contribution >= 0.6 is 23.2 Å². The highest BCUT2D eigenvalue weighted by molar-refractivity contribution is 6.42. The van der Waals surface area contributed by atoms with Gasteiger partial charge in [-0.25, -0.2) is 0 Å². The normalized spacial score (nSPS) is 14.6. The molecule has 1 N–H and O–H groups in total. The summed E-state index contributed by atoms with van der Waals surface area (Å²) < 4.78 is 5.51. The molecule has 0 bridgehead atoms. The van der Waals surface area contributed by atoms with Gasteiger partial charge in [-0.05, 0) is 30.5 Å². The zero-order valence-corrected chi connectivity index (χ0v) is 16.9. The molecule has 1 aliphatic rings. The van der Waals surface area contributed by atoms with Gasteiger partial charge in [0.1, 0.15) is 5.75 Å². The number of hydrogen-bond acceptors (Lipinski definition) is 3. The Hall–Kier alpha value is -2.24. The SMILES string of the molecule is O=C(NCc1ccccc1)C1CCN(C(=O)COc2ccc(Cl)c(Cl)c2)CC1. The van der Waals surface area contributed by atoms with Crippen molar-refractivity contribution in [2.24, 2.45) is 5.92 Å². The van der Waals surface area contributed by atoms with Crippen molar-refractivity contribution >= 4 is 35.0 Å². The molecule has 2 aromatic rings. The Balaban J connectivity index is 1.40. The average Bonchev–Trinajstić information content (AvgIpc) is 2.73. The van der Waals surface area contributed by atoms with E-state index in [1.165, 1.54) is 0 Å². The van der Waals surface area contributed by atoms with E-state index in [0.29, 0.717) is 48.3 Å². The second-order valence-electron chi connectivity index (χ2n) is 6.72. The maximum absolute atomic E-state index is 12.4. The van der Waals surface area contributed by atoms with Crippen LogP contribution in [0.4, 0.5) is 0 Å². The lowest BCUT2D eigenvalue weighted by atomic mass is 9.96. The molecule has 5 nitrogen and oxygen atoms in total. The van der Waals surface area contributed by atoms with Crippen LogP contribution in [0, 0.1) is 5.92 Å². The van der Waals surface area contributed by atoms with E-state index in [-0.39, 0.29) is 24.3 Å². The van der Waals surface area contributed by atoms with Crippen LogP contribution in [-0.4, -0.2) is 36.4 Å². The molecule has 3 rings (SSSR count). The van der Waals surface area contributed by atoms with Crippen molar-refractivity contribution in [1.29, 1.82) is 0 Å². The first-order chi connectivity index (χ1) is 13.5. The lowest BCUT2D eigenvalue weighted by molar-refractivity contribution is -0.137. The number of halogens is 2. The van der Waals surface area contributed by atoms with Gasteiger partial charge in [0.25, 0.3) is 5.91 Å². The summed E-state index contributed by atoms with van der Waals surface area (Å²) in [5.74, 6) is 0.374. The first-order valence-electron chi connectivity index (χ1n) is 9.20. The van der Waals surface area contributed by atoms with E-state index in [2.05, 4.69) is 5.32 Å². The van der Waals surface area contributed by atoms with Crippen molar-refractivity contribution in [2.75, 3.05) is 19.7 Å². The molecular formula is C21H22Cl2N2O3. The summed E-state index contributed by atoms with van der Waals surface area (Å²) in [6.07, 6.45) is 1.30. The van der Waals surface area contributed by atoms with Crippen molar-refractivity contribution in [1.82, 2.24) is 10.2 Å². The van der Waals surface area contributed by atoms with Gasteiger partial charge in [-0.1, -0.05) is 53.5 Å². The predicted octanol–water partition coefficient (Wildman–Crippen LogP) is 3.93. The third-order valence-electron chi connectivity index (χ3n) is 4.78. The number of nitrogens with zero attached hydrogens (tertiary/aromatic N) is 1. The molecule has 1 heterocycles. The molecule has 1 fully saturated rings. The summed E-state index contributed by atoms with van der Waals surface area (Å²) in [5.41, 5.74) is 1.07. The van der Waals surface area contributed by atoms with Crippen molar-refractivity contribution < 1.29 is 14.3 Å². The summed E-state index contributed by atoms with van der Waals surface area (Å²) in [4.78, 5) is 26.4. The van der Waals surface area contributed by atoms with Gasteiger partial charge in [0.2, 0.25) is 5.91 Å². The fraction of sp³-hybridized carbons (Fsp3) is 0.333. The second-order valence-corrected chi connectivity index (χ2v) is 7.54. The monoisotopic (exact) mass is 420 g/mol. The quantitative estimate of drug-likeness (QED) is 0.769. The zero-order valence-electron chi connectivity index (χ0n) is 15.4. The van der Waals surface area contributed by atoms with Crippen molar-refractivity contribution in [3.8, 4) is 5.75 Å². The zero-order chi connectivity index (χ0) is 19.9. The van der Waals surface area contributed by atoms with Crippen LogP contribution in [0.15, 0.2) is 48.5 Å². The Morgan fingerprint density at radius 2 is 1.75 bits per heavy atom. The number of likely N-dealkylation sites (tertiary alicyclic amines) is 1. The van der Waals surface area contributed by atoms with Crippen LogP contribution in [0.2, 0.25) is 10.0 Å². The minimum Gasteiger partial charge on any atom is -0.484 e. The van der Waals surface area contributed by atoms with Gasteiger partial charge >= 0.3 is 0 Å². The van der Waals surface area contributed by atoms with E-state index in [1.807, 2.05) is 30.3 Å². The smallest absolute Gasteiger partial charge is 0.260 e. The number of carbonyl (C=O) groups is 2. The number of amides is 2. The molecule has 0 spiro atoms. The number of nitrogens with one attached hydrogen (secondary N) is 1. The average molecular weight is 421 g/mol. The minimum atomic E-state index is -0.103. The van der Waals surface area contributed by atoms with Crippen molar-refractivity contribution in [3.63, 3.8) is 0 Å². The Kier molecular flexibility index (Phi) is 7.18. The Morgan fingerprint density at radius 1 is 1.04 bits per heavy atom. The van der Waals surface area contributed by atoms with Gasteiger partial charge in [-0.2, -0.15) is 0 Å². The standard InChI is InChI=1S/C21H22Cl2N2O3/c22-18-7-6-17(12-19(18)23)28-14-20(26)25-10-8-16(9-11-25)21(27)24-13-15-4-2-1-3-5-15/h1-7,12,16H,8-11,13-14H2,(H,24,27). The van der Waals surface area contributed by atoms with E-state index in [1.54, 1.807) is 23.1 Å². The van der Waals surface area contributed by atoms with E-state index < -0.39 is 0 Å². The van der Waals surface area contributed by atoms with Gasteiger partial charge in [-0.3, -0.25) is 9.59 Å². The lowest BCUT2D eigenvalue weighted by Gasteiger charge is -2.31. The van der Waals surface area contributed by atoms with Crippen molar-refractivity contribution in [2.45, 2.75) is 19.4 Å². The van der Waals surface area contributed by atoms with E-state index in [0.717, 1.165) is 5.56 Å². The third-order valence-corrected chi connectivity index (χ3v) is 5.52. The largest absolute Gasteiger partial charge is 0.484 e. The molecule has 0 atom stereocenters. The van der Waals surface area contributed by atoms with Gasteiger partial charge < -0.3 is 15.0 Å². The van der Waals surface area contributed by atoms with Gasteiger partial charge in [0.05, 0.1) is 10.0 Å². The van der Waals surface area contributed by atoms with Gasteiger partial charge in [-0.15, -0.1) is 0 Å². The Morgan fingerprint density at radius 3 is 2.43 bits per heavy atom. The number of ether oxygens (including phenoxy) is 1. The summed E-state index contributed by atoms with van der Waals surface area (Å²) >= 11 is 11.8. The number of benzene rings is 2. The molecule has 1 saturated heterocycles. The fourth-order valence-electron chi connectivity index (χ4n) is 3.12. The summed E-state index contributed by atoms with van der Waals surface area (Å²) in [6, 6.07) is 14.7. The molecule has 0 aliphatic carbocycles. The summed E-state index contributed by atoms with van der Waals surface area (Å²) in [7, 11) is 0. The summed E-state index contributed by atoms with van der Waals surface area (Å²) in [6.45, 7) is 1.55. The molecule has 2 amide bonds. The third kappa shape index (κ3) is 5.63. The second kappa shape index (κ2) is 9.80. The molecule has 28 heavy (non-hydrogen) atoms. The number of piperidine rings is 1. The highest BCUT2D eigenvalue weighted by Gasteiger charge is 2.27. The maximum atomic E-state index is 12.4. The van der Waals surface area contributed by atoms with Crippen LogP contribution in [0.3, 0.4) is 0 Å². The number of rotatable bonds is 6. The van der Waals surface area contributed by atoms with E-state index in [9.17, 15) is 9.59 Å². The maximum Gasteiger partial charge on any atom is 0.260 e. The minimum absolute atomic E-state index is 0.0445. The Labute approximate surface area is 174 Å². The molecule has 1 aliphatic heterocycles. The molecule has 0 aromatic heterocycles. The van der Waals surface area contributed by atoms with Crippen LogP contribution in [-0.2, 0) is 16.1 Å². The molecule has 0 radical (unpaired) electrons. The van der Waals surface area contributed by atoms with Crippen molar-refractivity contribution in [3.05, 3.63) is 64.1 Å². The highest BCUT2D eigenvalue weighted by atomic mass is 35.5. The van der Waals surface area contributed by atoms with Gasteiger partial charge in [0, 0.05) is 31.6 Å². The molecule has 148 valence electrons. The molecule has 0 saturated carbocycles. The first-order valence-corrected chi connectivity index (χ1v) is 9.96. The molecular weight excluding hydrogens is 399 g/mol. The van der Waals surface area contributed by atoms with Crippen LogP contribution in [0.1, 0.15) is 18.4 Å². The molecule has 0 unspecified atom stereocenters. The lowest BCUT2D eigenvalue weighted by Crippen LogP contribution is -2.44. The number of carbonyl (C=O) groups excluding carboxylic acids is 2. The topological polar surface area (TPSA) is 58.6 Å². The molecule has 7 heteroatoms. The number of hydrogen-bond donors (Lipinski definition) is 1.